The molecule has 0 radical (unpaired) electrons. The van der Waals surface area contributed by atoms with Gasteiger partial charge in [0, 0.05) is 17.6 Å². The first kappa shape index (κ1) is 24.5. The fourth-order valence-electron chi connectivity index (χ4n) is 5.45. The van der Waals surface area contributed by atoms with Gasteiger partial charge >= 0.3 is 6.03 Å². The SMILES string of the molecule is CN(C(=O)N1Cc2c(NC(=O)C3([Si](C)(C)C)CCC3)n[nH]c2C1(C)C)C(CO)c1ccccc1. The standard InChI is InChI=1S/C25H37N5O3Si/c1-24(2)20-18(21(28-27-20)26-22(32)25(13-10-14-25)34(4,5)6)15-30(24)23(33)29(3)19(16-31)17-11-8-7-9-12-17/h7-9,11-12,19,31H,10,13-16H2,1-6H3,(H2,26,27,28,32). The van der Waals surface area contributed by atoms with Crippen molar-refractivity contribution in [3.63, 3.8) is 0 Å². The Kier molecular flexibility index (Phi) is 6.14. The number of fused-ring (bicyclic) bond motifs is 1. The Balaban J connectivity index is 1.56. The summed E-state index contributed by atoms with van der Waals surface area (Å²) >= 11 is 0. The fraction of sp³-hybridized carbons (Fsp3) is 0.560. The average molecular weight is 484 g/mol. The highest BCUT2D eigenvalue weighted by molar-refractivity contribution is 6.83. The number of benzene rings is 1. The van der Waals surface area contributed by atoms with Gasteiger partial charge in [0.05, 0.1) is 38.5 Å². The van der Waals surface area contributed by atoms with Gasteiger partial charge in [0.15, 0.2) is 5.82 Å². The number of hydrogen-bond acceptors (Lipinski definition) is 4. The first-order chi connectivity index (χ1) is 15.9. The number of carbonyl (C=O) groups is 2. The number of rotatable bonds is 6. The van der Waals surface area contributed by atoms with E-state index in [-0.39, 0.29) is 23.6 Å². The number of likely N-dealkylation sites (N-methyl/N-ethyl adjacent to an activating group) is 1. The molecule has 1 aliphatic heterocycles. The minimum absolute atomic E-state index is 0.0661. The molecule has 1 fully saturated rings. The minimum atomic E-state index is -1.71. The van der Waals surface area contributed by atoms with E-state index in [1.54, 1.807) is 16.8 Å². The third-order valence-corrected chi connectivity index (χ3v) is 11.7. The number of hydrogen-bond donors (Lipinski definition) is 3. The predicted octanol–water partition coefficient (Wildman–Crippen LogP) is 4.45. The van der Waals surface area contributed by atoms with Crippen LogP contribution in [0.25, 0.3) is 0 Å². The van der Waals surface area contributed by atoms with Gasteiger partial charge in [-0.3, -0.25) is 9.89 Å². The molecule has 3 amide bonds. The molecule has 1 atom stereocenters. The monoisotopic (exact) mass is 483 g/mol. The molecule has 4 rings (SSSR count). The maximum absolute atomic E-state index is 13.6. The smallest absolute Gasteiger partial charge is 0.321 e. The van der Waals surface area contributed by atoms with Gasteiger partial charge < -0.3 is 20.2 Å². The van der Waals surface area contributed by atoms with Gasteiger partial charge in [-0.15, -0.1) is 0 Å². The largest absolute Gasteiger partial charge is 0.394 e. The lowest BCUT2D eigenvalue weighted by Crippen LogP contribution is -2.52. The number of nitrogens with one attached hydrogen (secondary N) is 2. The van der Waals surface area contributed by atoms with Crippen molar-refractivity contribution in [2.24, 2.45) is 0 Å². The molecule has 1 saturated carbocycles. The van der Waals surface area contributed by atoms with Crippen LogP contribution in [0.4, 0.5) is 10.6 Å². The van der Waals surface area contributed by atoms with Gasteiger partial charge in [0.25, 0.3) is 0 Å². The highest BCUT2D eigenvalue weighted by Crippen LogP contribution is 2.56. The van der Waals surface area contributed by atoms with Gasteiger partial charge in [-0.25, -0.2) is 4.79 Å². The van der Waals surface area contributed by atoms with Crippen molar-refractivity contribution in [2.45, 2.75) is 75.9 Å². The number of H-pyrrole nitrogens is 1. The third-order valence-electron chi connectivity index (χ3n) is 8.14. The number of aromatic amines is 1. The summed E-state index contributed by atoms with van der Waals surface area (Å²) < 4.78 is 0. The van der Waals surface area contributed by atoms with E-state index in [1.165, 1.54) is 0 Å². The van der Waals surface area contributed by atoms with Crippen LogP contribution < -0.4 is 5.32 Å². The van der Waals surface area contributed by atoms with Crippen LogP contribution in [0.2, 0.25) is 24.7 Å². The van der Waals surface area contributed by atoms with Crippen molar-refractivity contribution in [3.8, 4) is 0 Å². The van der Waals surface area contributed by atoms with Crippen LogP contribution in [0.1, 0.15) is 56.0 Å². The molecule has 0 saturated heterocycles. The molecule has 0 bridgehead atoms. The molecule has 8 nitrogen and oxygen atoms in total. The second kappa shape index (κ2) is 8.53. The van der Waals surface area contributed by atoms with Gasteiger partial charge in [-0.1, -0.05) is 56.4 Å². The Bertz CT molecular complexity index is 1070. The fourth-order valence-corrected chi connectivity index (χ4v) is 8.05. The van der Waals surface area contributed by atoms with E-state index in [0.717, 1.165) is 36.1 Å². The van der Waals surface area contributed by atoms with E-state index in [4.69, 9.17) is 0 Å². The number of amides is 3. The Hall–Kier alpha value is -2.65. The molecule has 1 unspecified atom stereocenters. The lowest BCUT2D eigenvalue weighted by Gasteiger charge is -2.48. The maximum atomic E-state index is 13.6. The molecule has 184 valence electrons. The number of carbonyl (C=O) groups excluding carboxylic acids is 2. The van der Waals surface area contributed by atoms with Gasteiger partial charge in [0.2, 0.25) is 5.91 Å². The molecule has 2 heterocycles. The Morgan fingerprint density at radius 3 is 2.41 bits per heavy atom. The van der Waals surface area contributed by atoms with Crippen molar-refractivity contribution in [1.82, 2.24) is 20.0 Å². The maximum Gasteiger partial charge on any atom is 0.321 e. The second-order valence-electron chi connectivity index (χ2n) is 11.2. The van der Waals surface area contributed by atoms with Crippen LogP contribution in [-0.2, 0) is 16.9 Å². The number of urea groups is 1. The Labute approximate surface area is 202 Å². The van der Waals surface area contributed by atoms with Crippen molar-refractivity contribution in [2.75, 3.05) is 19.0 Å². The number of aliphatic hydroxyl groups is 1. The van der Waals surface area contributed by atoms with E-state index in [9.17, 15) is 14.7 Å². The molecule has 34 heavy (non-hydrogen) atoms. The molecule has 3 N–H and O–H groups in total. The van der Waals surface area contributed by atoms with E-state index in [1.807, 2.05) is 44.2 Å². The lowest BCUT2D eigenvalue weighted by atomic mass is 9.83. The quantitative estimate of drug-likeness (QED) is 0.529. The van der Waals surface area contributed by atoms with Crippen LogP contribution in [0.15, 0.2) is 30.3 Å². The summed E-state index contributed by atoms with van der Waals surface area (Å²) in [6.45, 7) is 10.9. The topological polar surface area (TPSA) is 102 Å². The van der Waals surface area contributed by atoms with E-state index < -0.39 is 19.7 Å². The highest BCUT2D eigenvalue weighted by atomic mass is 28.3. The summed E-state index contributed by atoms with van der Waals surface area (Å²) in [7, 11) is 0.00169. The molecule has 0 spiro atoms. The molecule has 2 aromatic rings. The highest BCUT2D eigenvalue weighted by Gasteiger charge is 2.54. The number of anilines is 1. The van der Waals surface area contributed by atoms with Crippen LogP contribution in [-0.4, -0.2) is 58.8 Å². The van der Waals surface area contributed by atoms with E-state index in [2.05, 4.69) is 35.2 Å². The average Bonchev–Trinajstić information content (AvgIpc) is 3.25. The zero-order valence-electron chi connectivity index (χ0n) is 21.1. The second-order valence-corrected chi connectivity index (χ2v) is 16.7. The van der Waals surface area contributed by atoms with Crippen LogP contribution in [0.3, 0.4) is 0 Å². The summed E-state index contributed by atoms with van der Waals surface area (Å²) in [6, 6.07) is 8.90. The lowest BCUT2D eigenvalue weighted by molar-refractivity contribution is -0.121. The van der Waals surface area contributed by atoms with Crippen LogP contribution in [0, 0.1) is 0 Å². The first-order valence-corrected chi connectivity index (χ1v) is 15.5. The van der Waals surface area contributed by atoms with Crippen molar-refractivity contribution in [1.29, 1.82) is 0 Å². The zero-order chi connectivity index (χ0) is 24.9. The normalized spacial score (nSPS) is 19.2. The first-order valence-electron chi connectivity index (χ1n) is 12.0. The Morgan fingerprint density at radius 2 is 1.88 bits per heavy atom. The van der Waals surface area contributed by atoms with Crippen molar-refractivity contribution < 1.29 is 14.7 Å². The van der Waals surface area contributed by atoms with E-state index in [0.29, 0.717) is 12.4 Å². The van der Waals surface area contributed by atoms with Crippen molar-refractivity contribution >= 4 is 25.8 Å². The number of nitrogens with zero attached hydrogens (tertiary/aromatic N) is 3. The third kappa shape index (κ3) is 3.75. The molecule has 9 heteroatoms. The summed E-state index contributed by atoms with van der Waals surface area (Å²) in [5.41, 5.74) is 1.93. The summed E-state index contributed by atoms with van der Waals surface area (Å²) in [4.78, 5) is 30.3. The van der Waals surface area contributed by atoms with Crippen LogP contribution >= 0.6 is 0 Å². The summed E-state index contributed by atoms with van der Waals surface area (Å²) in [6.07, 6.45) is 2.96. The zero-order valence-corrected chi connectivity index (χ0v) is 22.1. The summed E-state index contributed by atoms with van der Waals surface area (Å²) in [5, 5.41) is 20.4. The molecule has 1 aliphatic carbocycles. The summed E-state index contributed by atoms with van der Waals surface area (Å²) in [5.74, 6) is 0.591. The van der Waals surface area contributed by atoms with Crippen molar-refractivity contribution in [3.05, 3.63) is 47.2 Å². The van der Waals surface area contributed by atoms with Gasteiger partial charge in [0.1, 0.15) is 0 Å². The van der Waals surface area contributed by atoms with E-state index >= 15 is 0 Å². The molecule has 1 aromatic heterocycles. The molecule has 1 aromatic carbocycles. The number of aliphatic hydroxyl groups excluding tert-OH is 1. The minimum Gasteiger partial charge on any atom is -0.394 e. The van der Waals surface area contributed by atoms with Gasteiger partial charge in [-0.2, -0.15) is 5.10 Å². The molecule has 2 aliphatic rings. The molecular weight excluding hydrogens is 446 g/mol. The predicted molar refractivity (Wildman–Crippen MR) is 135 cm³/mol. The van der Waals surface area contributed by atoms with Crippen LogP contribution in [0.5, 0.6) is 0 Å². The Morgan fingerprint density at radius 1 is 1.24 bits per heavy atom. The number of aromatic nitrogens is 2. The molecular formula is C25H37N5O3Si. The van der Waals surface area contributed by atoms with Gasteiger partial charge in [-0.05, 0) is 32.3 Å².